The normalized spacial score (nSPS) is 13.9. The van der Waals surface area contributed by atoms with E-state index in [2.05, 4.69) is 9.98 Å². The van der Waals surface area contributed by atoms with Gasteiger partial charge in [0, 0.05) is 41.2 Å². The van der Waals surface area contributed by atoms with E-state index >= 15 is 0 Å². The summed E-state index contributed by atoms with van der Waals surface area (Å²) >= 11 is 1.57. The molecule has 32 heavy (non-hydrogen) atoms. The monoisotopic (exact) mass is 449 g/mol. The lowest BCUT2D eigenvalue weighted by Gasteiger charge is -2.12. The van der Waals surface area contributed by atoms with Crippen molar-refractivity contribution in [2.24, 2.45) is 15.7 Å². The number of pyridine rings is 1. The molecule has 7 nitrogen and oxygen atoms in total. The van der Waals surface area contributed by atoms with Crippen LogP contribution in [0.4, 0.5) is 0 Å². The first-order chi connectivity index (χ1) is 15.4. The molecule has 0 aliphatic carbocycles. The Bertz CT molecular complexity index is 1250. The van der Waals surface area contributed by atoms with Crippen LogP contribution in [0.25, 0.3) is 22.4 Å². The minimum Gasteiger partial charge on any atom is -0.493 e. The number of thiazole rings is 1. The van der Waals surface area contributed by atoms with Crippen LogP contribution in [0.5, 0.6) is 5.75 Å². The number of ether oxygens (including phenoxy) is 1. The number of aliphatic imine (C=N–C) groups is 2. The van der Waals surface area contributed by atoms with Crippen molar-refractivity contribution in [2.45, 2.75) is 46.2 Å². The second kappa shape index (κ2) is 9.08. The smallest absolute Gasteiger partial charge is 0.251 e. The third-order valence-electron chi connectivity index (χ3n) is 5.13. The van der Waals surface area contributed by atoms with E-state index in [4.69, 9.17) is 15.5 Å². The van der Waals surface area contributed by atoms with Crippen LogP contribution in [0.3, 0.4) is 0 Å². The maximum atomic E-state index is 12.5. The van der Waals surface area contributed by atoms with Crippen molar-refractivity contribution in [3.63, 3.8) is 0 Å². The molecule has 2 N–H and O–H groups in total. The van der Waals surface area contributed by atoms with E-state index < -0.39 is 0 Å². The van der Waals surface area contributed by atoms with Crippen LogP contribution in [0.15, 0.2) is 51.3 Å². The Morgan fingerprint density at radius 1 is 1.22 bits per heavy atom. The first kappa shape index (κ1) is 22.0. The number of amidine groups is 1. The van der Waals surface area contributed by atoms with E-state index in [1.165, 1.54) is 6.34 Å². The maximum Gasteiger partial charge on any atom is 0.251 e. The van der Waals surface area contributed by atoms with Gasteiger partial charge in [-0.2, -0.15) is 0 Å². The minimum atomic E-state index is -0.0190. The molecule has 0 fully saturated rings. The standard InChI is InChI=1S/C24H27N5O2S/c1-14(2)27-23(26-13-25)24-28-22-18-11-16(5-6-19(18)31-10-8-20(22)32-24)17-7-9-29(15(3)4)21(30)12-17/h5-7,9,11-15H,8,10H2,1-4H3,(H2,25,26,27). The molecule has 0 unspecified atom stereocenters. The second-order valence-corrected chi connectivity index (χ2v) is 9.26. The quantitative estimate of drug-likeness (QED) is 0.475. The molecule has 1 aromatic carbocycles. The molecule has 4 rings (SSSR count). The van der Waals surface area contributed by atoms with Crippen molar-refractivity contribution in [3.05, 3.63) is 56.8 Å². The van der Waals surface area contributed by atoms with Crippen LogP contribution < -0.4 is 16.0 Å². The van der Waals surface area contributed by atoms with Crippen molar-refractivity contribution >= 4 is 23.5 Å². The highest BCUT2D eigenvalue weighted by molar-refractivity contribution is 7.14. The summed E-state index contributed by atoms with van der Waals surface area (Å²) in [7, 11) is 0. The number of nitrogens with zero attached hydrogens (tertiary/aromatic N) is 4. The molecule has 0 radical (unpaired) electrons. The highest BCUT2D eigenvalue weighted by Gasteiger charge is 2.23. The van der Waals surface area contributed by atoms with Crippen molar-refractivity contribution in [1.29, 1.82) is 0 Å². The number of rotatable bonds is 4. The Balaban J connectivity index is 1.81. The summed E-state index contributed by atoms with van der Waals surface area (Å²) in [5.41, 5.74) is 9.12. The van der Waals surface area contributed by atoms with E-state index in [0.717, 1.165) is 44.4 Å². The number of benzene rings is 1. The molecule has 3 heterocycles. The van der Waals surface area contributed by atoms with Gasteiger partial charge in [-0.05, 0) is 57.0 Å². The molecule has 0 saturated carbocycles. The van der Waals surface area contributed by atoms with Crippen LogP contribution >= 0.6 is 11.3 Å². The predicted molar refractivity (Wildman–Crippen MR) is 131 cm³/mol. The summed E-state index contributed by atoms with van der Waals surface area (Å²) in [4.78, 5) is 27.3. The molecule has 0 atom stereocenters. The first-order valence-electron chi connectivity index (χ1n) is 10.7. The molecular formula is C24H27N5O2S. The summed E-state index contributed by atoms with van der Waals surface area (Å²) in [6.07, 6.45) is 3.85. The lowest BCUT2D eigenvalue weighted by molar-refractivity contribution is 0.327. The number of aromatic nitrogens is 2. The van der Waals surface area contributed by atoms with Crippen LogP contribution in [0, 0.1) is 0 Å². The van der Waals surface area contributed by atoms with Crippen molar-refractivity contribution in [1.82, 2.24) is 9.55 Å². The second-order valence-electron chi connectivity index (χ2n) is 8.18. The average Bonchev–Trinajstić information content (AvgIpc) is 3.09. The predicted octanol–water partition coefficient (Wildman–Crippen LogP) is 4.30. The molecule has 0 bridgehead atoms. The SMILES string of the molecule is CC(C)N=C(N=CN)c1nc2c(s1)CCOc1ccc(-c3ccn(C(C)C)c(=O)c3)cc1-2. The van der Waals surface area contributed by atoms with Crippen LogP contribution in [-0.4, -0.2) is 34.4 Å². The van der Waals surface area contributed by atoms with Gasteiger partial charge in [-0.15, -0.1) is 11.3 Å². The van der Waals surface area contributed by atoms with Gasteiger partial charge >= 0.3 is 0 Å². The highest BCUT2D eigenvalue weighted by atomic mass is 32.1. The number of nitrogens with two attached hydrogens (primary N) is 1. The third kappa shape index (κ3) is 4.36. The van der Waals surface area contributed by atoms with Crippen LogP contribution in [0.1, 0.15) is 43.6 Å². The van der Waals surface area contributed by atoms with E-state index in [1.54, 1.807) is 22.0 Å². The van der Waals surface area contributed by atoms with Gasteiger partial charge in [-0.3, -0.25) is 9.79 Å². The van der Waals surface area contributed by atoms with E-state index in [-0.39, 0.29) is 17.6 Å². The zero-order valence-electron chi connectivity index (χ0n) is 18.7. The van der Waals surface area contributed by atoms with Crippen molar-refractivity contribution < 1.29 is 4.74 Å². The molecule has 1 aliphatic heterocycles. The van der Waals surface area contributed by atoms with E-state index in [9.17, 15) is 4.79 Å². The van der Waals surface area contributed by atoms with E-state index in [1.807, 2.05) is 58.2 Å². The number of fused-ring (bicyclic) bond motifs is 3. The Kier molecular flexibility index (Phi) is 6.23. The molecule has 2 aromatic heterocycles. The molecule has 1 aliphatic rings. The lowest BCUT2D eigenvalue weighted by atomic mass is 10.0. The number of hydrogen-bond donors (Lipinski definition) is 1. The Morgan fingerprint density at radius 3 is 2.69 bits per heavy atom. The van der Waals surface area contributed by atoms with E-state index in [0.29, 0.717) is 12.4 Å². The average molecular weight is 450 g/mol. The summed E-state index contributed by atoms with van der Waals surface area (Å²) in [5.74, 6) is 1.32. The molecule has 0 amide bonds. The molecule has 8 heteroatoms. The molecular weight excluding hydrogens is 422 g/mol. The topological polar surface area (TPSA) is 94.9 Å². The zero-order valence-corrected chi connectivity index (χ0v) is 19.5. The van der Waals surface area contributed by atoms with Crippen molar-refractivity contribution in [2.75, 3.05) is 6.61 Å². The fourth-order valence-corrected chi connectivity index (χ4v) is 4.66. The molecule has 0 saturated heterocycles. The lowest BCUT2D eigenvalue weighted by Crippen LogP contribution is -2.20. The van der Waals surface area contributed by atoms with Crippen LogP contribution in [-0.2, 0) is 6.42 Å². The molecule has 3 aromatic rings. The van der Waals surface area contributed by atoms with Crippen molar-refractivity contribution in [3.8, 4) is 28.1 Å². The maximum absolute atomic E-state index is 12.5. The fourth-order valence-electron chi connectivity index (χ4n) is 3.66. The van der Waals surface area contributed by atoms with Gasteiger partial charge < -0.3 is 15.0 Å². The van der Waals surface area contributed by atoms with Gasteiger partial charge in [0.1, 0.15) is 5.75 Å². The molecule has 166 valence electrons. The molecule has 0 spiro atoms. The third-order valence-corrected chi connectivity index (χ3v) is 6.24. The number of hydrogen-bond acceptors (Lipinski definition) is 5. The summed E-state index contributed by atoms with van der Waals surface area (Å²) in [5, 5.41) is 0.739. The Hall–Kier alpha value is -3.26. The van der Waals surface area contributed by atoms with Gasteiger partial charge in [-0.25, -0.2) is 9.98 Å². The Labute approximate surface area is 191 Å². The van der Waals surface area contributed by atoms with Gasteiger partial charge in [0.25, 0.3) is 5.56 Å². The summed E-state index contributed by atoms with van der Waals surface area (Å²) < 4.78 is 7.70. The summed E-state index contributed by atoms with van der Waals surface area (Å²) in [6, 6.07) is 9.82. The zero-order chi connectivity index (χ0) is 22.8. The van der Waals surface area contributed by atoms with Crippen LogP contribution in [0.2, 0.25) is 0 Å². The Morgan fingerprint density at radius 2 is 2.00 bits per heavy atom. The summed E-state index contributed by atoms with van der Waals surface area (Å²) in [6.45, 7) is 8.55. The minimum absolute atomic E-state index is 0.0190. The van der Waals surface area contributed by atoms with Gasteiger partial charge in [0.2, 0.25) is 0 Å². The fraction of sp³-hybridized carbons (Fsp3) is 0.333. The first-order valence-corrected chi connectivity index (χ1v) is 11.5. The van der Waals surface area contributed by atoms with Gasteiger partial charge in [0.15, 0.2) is 10.8 Å². The van der Waals surface area contributed by atoms with Gasteiger partial charge in [-0.1, -0.05) is 6.07 Å². The van der Waals surface area contributed by atoms with Gasteiger partial charge in [0.05, 0.1) is 18.6 Å². The highest BCUT2D eigenvalue weighted by Crippen LogP contribution is 2.40. The largest absolute Gasteiger partial charge is 0.493 e.